The average Bonchev–Trinajstić information content (AvgIpc) is 2.44. The number of carbonyl (C=O) groups excluding carboxylic acids is 1. The Hall–Kier alpha value is -1.15. The number of alkyl halides is 3. The Balaban J connectivity index is 2.78. The van der Waals surface area contributed by atoms with Crippen LogP contribution in [0.25, 0.3) is 0 Å². The lowest BCUT2D eigenvalue weighted by molar-refractivity contribution is -0.167. The normalized spacial score (nSPS) is 11.5. The predicted molar refractivity (Wildman–Crippen MR) is 47.5 cm³/mol. The van der Waals surface area contributed by atoms with Crippen LogP contribution in [-0.2, 0) is 11.4 Å². The van der Waals surface area contributed by atoms with Crippen molar-refractivity contribution in [1.82, 2.24) is 4.98 Å². The summed E-state index contributed by atoms with van der Waals surface area (Å²) in [5, 5.41) is 10.2. The van der Waals surface area contributed by atoms with Gasteiger partial charge in [-0.15, -0.1) is 0 Å². The molecule has 1 aromatic heterocycles. The van der Waals surface area contributed by atoms with Crippen molar-refractivity contribution in [2.24, 2.45) is 0 Å². The Labute approximate surface area is 86.8 Å². The van der Waals surface area contributed by atoms with Gasteiger partial charge in [0.25, 0.3) is 0 Å². The maximum Gasteiger partial charge on any atom is 0.471 e. The van der Waals surface area contributed by atoms with Gasteiger partial charge in [0.15, 0.2) is 5.13 Å². The zero-order valence-electron chi connectivity index (χ0n) is 7.55. The van der Waals surface area contributed by atoms with Crippen molar-refractivity contribution in [3.63, 3.8) is 0 Å². The summed E-state index contributed by atoms with van der Waals surface area (Å²) in [4.78, 5) is 14.6. The molecule has 0 saturated carbocycles. The van der Waals surface area contributed by atoms with Crippen LogP contribution in [0.4, 0.5) is 18.3 Å². The Morgan fingerprint density at radius 1 is 1.60 bits per heavy atom. The smallest absolute Gasteiger partial charge is 0.391 e. The van der Waals surface area contributed by atoms with Crippen LogP contribution in [0.15, 0.2) is 0 Å². The minimum Gasteiger partial charge on any atom is -0.391 e. The van der Waals surface area contributed by atoms with Crippen molar-refractivity contribution in [2.75, 3.05) is 5.32 Å². The summed E-state index contributed by atoms with van der Waals surface area (Å²) in [5.74, 6) is -2.07. The fourth-order valence-electron chi connectivity index (χ4n) is 0.796. The quantitative estimate of drug-likeness (QED) is 0.822. The molecule has 0 fully saturated rings. The molecule has 0 aliphatic rings. The Morgan fingerprint density at radius 3 is 2.60 bits per heavy atom. The van der Waals surface area contributed by atoms with Crippen LogP contribution < -0.4 is 5.32 Å². The van der Waals surface area contributed by atoms with Crippen molar-refractivity contribution < 1.29 is 23.1 Å². The summed E-state index contributed by atoms with van der Waals surface area (Å²) in [6.07, 6.45) is -4.93. The van der Waals surface area contributed by atoms with Gasteiger partial charge in [-0.2, -0.15) is 13.2 Å². The van der Waals surface area contributed by atoms with Crippen LogP contribution in [0.5, 0.6) is 0 Å². The molecule has 0 spiro atoms. The van der Waals surface area contributed by atoms with E-state index in [2.05, 4.69) is 4.98 Å². The van der Waals surface area contributed by atoms with Gasteiger partial charge < -0.3 is 5.11 Å². The summed E-state index contributed by atoms with van der Waals surface area (Å²) in [7, 11) is 0. The van der Waals surface area contributed by atoms with E-state index in [1.807, 2.05) is 0 Å². The molecule has 0 aromatic carbocycles. The molecule has 1 aromatic rings. The van der Waals surface area contributed by atoms with Gasteiger partial charge in [-0.25, -0.2) is 4.98 Å². The number of halogens is 3. The fourth-order valence-corrected chi connectivity index (χ4v) is 1.61. The number of rotatable bonds is 2. The summed E-state index contributed by atoms with van der Waals surface area (Å²) in [6.45, 7) is 1.22. The van der Waals surface area contributed by atoms with E-state index in [-0.39, 0.29) is 11.7 Å². The number of carbonyl (C=O) groups is 1. The summed E-state index contributed by atoms with van der Waals surface area (Å²) in [6, 6.07) is 0. The number of nitrogens with zero attached hydrogens (tertiary/aromatic N) is 1. The largest absolute Gasteiger partial charge is 0.471 e. The summed E-state index contributed by atoms with van der Waals surface area (Å²) < 4.78 is 35.5. The number of anilines is 1. The van der Waals surface area contributed by atoms with Crippen LogP contribution in [-0.4, -0.2) is 22.2 Å². The first-order chi connectivity index (χ1) is 6.84. The lowest BCUT2D eigenvalue weighted by Gasteiger charge is -2.03. The zero-order valence-corrected chi connectivity index (χ0v) is 8.37. The Morgan fingerprint density at radius 2 is 2.20 bits per heavy atom. The van der Waals surface area contributed by atoms with Gasteiger partial charge in [0.2, 0.25) is 0 Å². The SMILES string of the molecule is Cc1nc(NC(=O)C(F)(F)F)sc1CO. The first kappa shape index (κ1) is 11.9. The van der Waals surface area contributed by atoms with Gasteiger partial charge in [-0.1, -0.05) is 11.3 Å². The first-order valence-electron chi connectivity index (χ1n) is 3.80. The van der Waals surface area contributed by atoms with Gasteiger partial charge in [-0.05, 0) is 6.92 Å². The number of aryl methyl sites for hydroxylation is 1. The summed E-state index contributed by atoms with van der Waals surface area (Å²) >= 11 is 0.811. The maximum atomic E-state index is 11.8. The third-order valence-electron chi connectivity index (χ3n) is 1.51. The van der Waals surface area contributed by atoms with Gasteiger partial charge in [-0.3, -0.25) is 10.1 Å². The van der Waals surface area contributed by atoms with Crippen LogP contribution >= 0.6 is 11.3 Å². The van der Waals surface area contributed by atoms with E-state index in [4.69, 9.17) is 5.11 Å². The van der Waals surface area contributed by atoms with Crippen molar-refractivity contribution >= 4 is 22.4 Å². The molecule has 2 N–H and O–H groups in total. The number of aromatic nitrogens is 1. The topological polar surface area (TPSA) is 62.2 Å². The lowest BCUT2D eigenvalue weighted by atomic mass is 10.4. The number of aliphatic hydroxyl groups excluding tert-OH is 1. The third kappa shape index (κ3) is 2.90. The van der Waals surface area contributed by atoms with Crippen LogP contribution in [0.3, 0.4) is 0 Å². The molecule has 1 rings (SSSR count). The third-order valence-corrected chi connectivity index (χ3v) is 2.57. The number of hydrogen-bond acceptors (Lipinski definition) is 4. The molecule has 0 bridgehead atoms. The molecule has 0 atom stereocenters. The molecule has 15 heavy (non-hydrogen) atoms. The number of nitrogens with one attached hydrogen (secondary N) is 1. The molecule has 0 aliphatic carbocycles. The fraction of sp³-hybridized carbons (Fsp3) is 0.429. The van der Waals surface area contributed by atoms with Crippen LogP contribution in [0.2, 0.25) is 0 Å². The standard InChI is InChI=1S/C7H7F3N2O2S/c1-3-4(2-13)15-6(11-3)12-5(14)7(8,9)10/h13H,2H2,1H3,(H,11,12,14). The van der Waals surface area contributed by atoms with Crippen LogP contribution in [0.1, 0.15) is 10.6 Å². The van der Waals surface area contributed by atoms with E-state index in [1.54, 1.807) is 5.32 Å². The van der Waals surface area contributed by atoms with Gasteiger partial charge in [0, 0.05) is 0 Å². The van der Waals surface area contributed by atoms with E-state index in [0.717, 1.165) is 11.3 Å². The van der Waals surface area contributed by atoms with E-state index in [1.165, 1.54) is 6.92 Å². The first-order valence-corrected chi connectivity index (χ1v) is 4.61. The monoisotopic (exact) mass is 240 g/mol. The molecule has 0 radical (unpaired) electrons. The Bertz CT molecular complexity index is 375. The number of thiazole rings is 1. The van der Waals surface area contributed by atoms with Crippen molar-refractivity contribution in [3.05, 3.63) is 10.6 Å². The van der Waals surface area contributed by atoms with E-state index in [9.17, 15) is 18.0 Å². The second-order valence-corrected chi connectivity index (χ2v) is 3.72. The molecule has 8 heteroatoms. The van der Waals surface area contributed by atoms with E-state index in [0.29, 0.717) is 10.6 Å². The number of aliphatic hydroxyl groups is 1. The second-order valence-electron chi connectivity index (χ2n) is 2.64. The van der Waals surface area contributed by atoms with Crippen molar-refractivity contribution in [2.45, 2.75) is 19.7 Å². The average molecular weight is 240 g/mol. The van der Waals surface area contributed by atoms with Crippen molar-refractivity contribution in [1.29, 1.82) is 0 Å². The number of hydrogen-bond donors (Lipinski definition) is 2. The zero-order chi connectivity index (χ0) is 11.6. The highest BCUT2D eigenvalue weighted by molar-refractivity contribution is 7.15. The highest BCUT2D eigenvalue weighted by atomic mass is 32.1. The van der Waals surface area contributed by atoms with Gasteiger partial charge >= 0.3 is 12.1 Å². The second kappa shape index (κ2) is 4.15. The van der Waals surface area contributed by atoms with Gasteiger partial charge in [0.1, 0.15) is 0 Å². The van der Waals surface area contributed by atoms with Gasteiger partial charge in [0.05, 0.1) is 17.2 Å². The highest BCUT2D eigenvalue weighted by Gasteiger charge is 2.39. The predicted octanol–water partition coefficient (Wildman–Crippen LogP) is 1.44. The number of amides is 1. The molecule has 0 unspecified atom stereocenters. The molecule has 0 aliphatic heterocycles. The molecular formula is C7H7F3N2O2S. The maximum absolute atomic E-state index is 11.8. The van der Waals surface area contributed by atoms with Crippen LogP contribution in [0, 0.1) is 6.92 Å². The highest BCUT2D eigenvalue weighted by Crippen LogP contribution is 2.24. The molecule has 84 valence electrons. The molecule has 4 nitrogen and oxygen atoms in total. The molecule has 0 saturated heterocycles. The lowest BCUT2D eigenvalue weighted by Crippen LogP contribution is -2.29. The molecule has 1 heterocycles. The molecular weight excluding hydrogens is 233 g/mol. The Kier molecular flexibility index (Phi) is 3.30. The minimum atomic E-state index is -4.93. The van der Waals surface area contributed by atoms with E-state index < -0.39 is 12.1 Å². The van der Waals surface area contributed by atoms with E-state index >= 15 is 0 Å². The molecule has 1 amide bonds. The summed E-state index contributed by atoms with van der Waals surface area (Å²) in [5.41, 5.74) is 0.403. The van der Waals surface area contributed by atoms with Crippen molar-refractivity contribution in [3.8, 4) is 0 Å². The minimum absolute atomic E-state index is 0.168.